The van der Waals surface area contributed by atoms with Gasteiger partial charge in [0.2, 0.25) is 0 Å². The van der Waals surface area contributed by atoms with Gasteiger partial charge in [0.15, 0.2) is 5.69 Å². The Morgan fingerprint density at radius 1 is 1.12 bits per heavy atom. The fourth-order valence-corrected chi connectivity index (χ4v) is 3.96. The van der Waals surface area contributed by atoms with E-state index in [2.05, 4.69) is 20.7 Å². The average Bonchev–Trinajstić information content (AvgIpc) is 3.36. The Morgan fingerprint density at radius 2 is 1.85 bits per heavy atom. The van der Waals surface area contributed by atoms with Crippen LogP contribution < -0.4 is 11.1 Å². The van der Waals surface area contributed by atoms with E-state index in [1.54, 1.807) is 12.4 Å². The van der Waals surface area contributed by atoms with Gasteiger partial charge in [-0.2, -0.15) is 5.10 Å². The number of aromatic nitrogens is 5. The zero-order valence-electron chi connectivity index (χ0n) is 14.8. The molecule has 142 valence electrons. The summed E-state index contributed by atoms with van der Waals surface area (Å²) < 4.78 is 3.74. The summed E-state index contributed by atoms with van der Waals surface area (Å²) in [6.45, 7) is 0. The average molecular weight is 380 g/mol. The number of nitrogens with two attached hydrogens (primary N) is 1. The fraction of sp³-hybridized carbons (Fsp3) is 0.647. The van der Waals surface area contributed by atoms with E-state index in [0.29, 0.717) is 17.8 Å². The number of carbonyl (C=O) groups is 1. The van der Waals surface area contributed by atoms with Gasteiger partial charge in [-0.25, -0.2) is 9.36 Å². The summed E-state index contributed by atoms with van der Waals surface area (Å²) in [5, 5.41) is 15.5. The van der Waals surface area contributed by atoms with E-state index < -0.39 is 0 Å². The van der Waals surface area contributed by atoms with Gasteiger partial charge in [-0.1, -0.05) is 18.1 Å². The molecule has 2 saturated carbocycles. The minimum absolute atomic E-state index is 0. The maximum absolute atomic E-state index is 12.5. The Hall–Kier alpha value is -1.93. The maximum atomic E-state index is 12.5. The van der Waals surface area contributed by atoms with E-state index in [9.17, 15) is 4.79 Å². The van der Waals surface area contributed by atoms with Gasteiger partial charge < -0.3 is 11.1 Å². The molecule has 26 heavy (non-hydrogen) atoms. The highest BCUT2D eigenvalue weighted by atomic mass is 35.5. The Kier molecular flexibility index (Phi) is 5.93. The predicted molar refractivity (Wildman–Crippen MR) is 100 cm³/mol. The molecule has 0 saturated heterocycles. The Balaban J connectivity index is 0.00000196. The molecule has 3 N–H and O–H groups in total. The number of amides is 1. The van der Waals surface area contributed by atoms with Gasteiger partial charge in [0.25, 0.3) is 5.91 Å². The van der Waals surface area contributed by atoms with E-state index >= 15 is 0 Å². The topological polar surface area (TPSA) is 104 Å². The highest BCUT2D eigenvalue weighted by molar-refractivity contribution is 6.02. The summed E-state index contributed by atoms with van der Waals surface area (Å²) >= 11 is 0. The fourth-order valence-electron chi connectivity index (χ4n) is 3.96. The minimum Gasteiger partial charge on any atom is -0.328 e. The molecule has 2 aliphatic carbocycles. The van der Waals surface area contributed by atoms with Crippen molar-refractivity contribution in [2.75, 3.05) is 5.32 Å². The van der Waals surface area contributed by atoms with Crippen LogP contribution in [0.5, 0.6) is 0 Å². The minimum atomic E-state index is -0.237. The molecule has 0 radical (unpaired) electrons. The summed E-state index contributed by atoms with van der Waals surface area (Å²) in [6, 6.07) is 2.80. The van der Waals surface area contributed by atoms with Crippen LogP contribution in [0.4, 0.5) is 5.82 Å². The van der Waals surface area contributed by atoms with Crippen LogP contribution in [0.3, 0.4) is 0 Å². The molecule has 2 heterocycles. The lowest BCUT2D eigenvalue weighted by Crippen LogP contribution is -2.28. The monoisotopic (exact) mass is 379 g/mol. The first-order chi connectivity index (χ1) is 12.2. The number of rotatable bonds is 4. The molecule has 2 aliphatic rings. The lowest BCUT2D eigenvalue weighted by atomic mass is 9.92. The van der Waals surface area contributed by atoms with Crippen molar-refractivity contribution in [1.29, 1.82) is 0 Å². The van der Waals surface area contributed by atoms with Crippen molar-refractivity contribution in [2.45, 2.75) is 69.5 Å². The Bertz CT molecular complexity index is 729. The van der Waals surface area contributed by atoms with E-state index in [1.165, 1.54) is 12.8 Å². The molecule has 2 aromatic heterocycles. The maximum Gasteiger partial charge on any atom is 0.278 e. The molecule has 0 spiro atoms. The lowest BCUT2D eigenvalue weighted by molar-refractivity contribution is 0.102. The molecular formula is C17H26ClN7O. The molecule has 2 aromatic rings. The number of carbonyl (C=O) groups excluding carboxylic acids is 1. The number of nitrogens with zero attached hydrogens (tertiary/aromatic N) is 5. The number of hydrogen-bond acceptors (Lipinski definition) is 5. The molecule has 0 atom stereocenters. The normalized spacial score (nSPS) is 23.6. The van der Waals surface area contributed by atoms with Gasteiger partial charge in [0.05, 0.1) is 24.5 Å². The molecule has 4 rings (SSSR count). The number of nitrogens with one attached hydrogen (secondary N) is 1. The number of anilines is 1. The third kappa shape index (κ3) is 3.91. The van der Waals surface area contributed by atoms with Crippen LogP contribution in [-0.4, -0.2) is 36.7 Å². The quantitative estimate of drug-likeness (QED) is 0.849. The highest BCUT2D eigenvalue weighted by Crippen LogP contribution is 2.31. The van der Waals surface area contributed by atoms with Gasteiger partial charge in [-0.15, -0.1) is 17.5 Å². The van der Waals surface area contributed by atoms with Crippen molar-refractivity contribution in [3.63, 3.8) is 0 Å². The van der Waals surface area contributed by atoms with Gasteiger partial charge >= 0.3 is 0 Å². The zero-order valence-corrected chi connectivity index (χ0v) is 15.6. The summed E-state index contributed by atoms with van der Waals surface area (Å²) in [7, 11) is 0. The van der Waals surface area contributed by atoms with Crippen LogP contribution in [-0.2, 0) is 0 Å². The van der Waals surface area contributed by atoms with Crippen LogP contribution in [0.1, 0.15) is 73.9 Å². The van der Waals surface area contributed by atoms with E-state index in [-0.39, 0.29) is 24.4 Å². The second-order valence-corrected chi connectivity index (χ2v) is 7.21. The Labute approximate surface area is 158 Å². The SMILES string of the molecule is Cl.NC1CCC(n2cc(C(=O)Nc3ccnn3C3CCCC3)nn2)CC1. The molecule has 1 amide bonds. The summed E-state index contributed by atoms with van der Waals surface area (Å²) in [5.41, 5.74) is 6.29. The summed E-state index contributed by atoms with van der Waals surface area (Å²) in [6.07, 6.45) is 12.1. The summed E-state index contributed by atoms with van der Waals surface area (Å²) in [5.74, 6) is 0.494. The highest BCUT2D eigenvalue weighted by Gasteiger charge is 2.24. The molecule has 8 nitrogen and oxygen atoms in total. The lowest BCUT2D eigenvalue weighted by Gasteiger charge is -2.25. The van der Waals surface area contributed by atoms with Crippen LogP contribution in [0.25, 0.3) is 0 Å². The van der Waals surface area contributed by atoms with Gasteiger partial charge in [-0.05, 0) is 38.5 Å². The molecular weight excluding hydrogens is 354 g/mol. The van der Waals surface area contributed by atoms with Crippen molar-refractivity contribution < 1.29 is 4.79 Å². The van der Waals surface area contributed by atoms with Crippen molar-refractivity contribution in [3.05, 3.63) is 24.2 Å². The van der Waals surface area contributed by atoms with E-state index in [0.717, 1.165) is 44.3 Å². The molecule has 0 unspecified atom stereocenters. The largest absolute Gasteiger partial charge is 0.328 e. The molecule has 9 heteroatoms. The van der Waals surface area contributed by atoms with Gasteiger partial charge in [-0.3, -0.25) is 4.79 Å². The van der Waals surface area contributed by atoms with E-state index in [1.807, 2.05) is 15.4 Å². The van der Waals surface area contributed by atoms with Gasteiger partial charge in [0.1, 0.15) is 5.82 Å². The molecule has 0 bridgehead atoms. The van der Waals surface area contributed by atoms with Crippen molar-refractivity contribution in [2.24, 2.45) is 5.73 Å². The number of hydrogen-bond donors (Lipinski definition) is 2. The standard InChI is InChI=1S/C17H25N7O.ClH/c18-12-5-7-13(8-6-12)23-11-15(21-22-23)17(25)20-16-9-10-19-24(16)14-3-1-2-4-14;/h9-14H,1-8,18H2,(H,20,25);1H. The molecule has 0 aliphatic heterocycles. The van der Waals surface area contributed by atoms with Gasteiger partial charge in [0, 0.05) is 12.1 Å². The van der Waals surface area contributed by atoms with Crippen molar-refractivity contribution in [1.82, 2.24) is 24.8 Å². The Morgan fingerprint density at radius 3 is 2.58 bits per heavy atom. The first-order valence-corrected chi connectivity index (χ1v) is 9.23. The van der Waals surface area contributed by atoms with E-state index in [4.69, 9.17) is 5.73 Å². The molecule has 2 fully saturated rings. The second kappa shape index (κ2) is 8.18. The third-order valence-electron chi connectivity index (χ3n) is 5.44. The van der Waals surface area contributed by atoms with Crippen molar-refractivity contribution in [3.8, 4) is 0 Å². The van der Waals surface area contributed by atoms with Crippen LogP contribution in [0.15, 0.2) is 18.5 Å². The number of halogens is 1. The first kappa shape index (κ1) is 18.8. The smallest absolute Gasteiger partial charge is 0.278 e. The third-order valence-corrected chi connectivity index (χ3v) is 5.44. The predicted octanol–water partition coefficient (Wildman–Crippen LogP) is 2.71. The van der Waals surface area contributed by atoms with Crippen molar-refractivity contribution >= 4 is 24.1 Å². The molecule has 0 aromatic carbocycles. The van der Waals surface area contributed by atoms with Crippen LogP contribution >= 0.6 is 12.4 Å². The van der Waals surface area contributed by atoms with Crippen LogP contribution in [0.2, 0.25) is 0 Å². The second-order valence-electron chi connectivity index (χ2n) is 7.21. The summed E-state index contributed by atoms with van der Waals surface area (Å²) in [4.78, 5) is 12.5. The van der Waals surface area contributed by atoms with Crippen LogP contribution in [0, 0.1) is 0 Å². The zero-order chi connectivity index (χ0) is 17.2. The first-order valence-electron chi connectivity index (χ1n) is 9.23.